The quantitative estimate of drug-likeness (QED) is 0.848. The summed E-state index contributed by atoms with van der Waals surface area (Å²) in [6, 6.07) is 8.18. The summed E-state index contributed by atoms with van der Waals surface area (Å²) in [4.78, 5) is 13.9. The Morgan fingerprint density at radius 2 is 2.06 bits per heavy atom. The summed E-state index contributed by atoms with van der Waals surface area (Å²) >= 11 is 0. The number of rotatable bonds is 3. The van der Waals surface area contributed by atoms with Gasteiger partial charge in [0.25, 0.3) is 5.91 Å². The van der Waals surface area contributed by atoms with Gasteiger partial charge in [-0.1, -0.05) is 18.2 Å². The normalized spacial score (nSPS) is 13.4. The van der Waals surface area contributed by atoms with Gasteiger partial charge in [-0.2, -0.15) is 0 Å². The molecule has 0 atom stereocenters. The van der Waals surface area contributed by atoms with E-state index >= 15 is 0 Å². The van der Waals surface area contributed by atoms with Gasteiger partial charge in [0.1, 0.15) is 12.7 Å². The van der Waals surface area contributed by atoms with Gasteiger partial charge in [0.05, 0.1) is 6.54 Å². The Morgan fingerprint density at radius 1 is 1.28 bits per heavy atom. The molecule has 0 fully saturated rings. The predicted octanol–water partition coefficient (Wildman–Crippen LogP) is 0.411. The smallest absolute Gasteiger partial charge is 0.258 e. The fourth-order valence-electron chi connectivity index (χ4n) is 2.18. The van der Waals surface area contributed by atoms with Crippen molar-refractivity contribution in [1.29, 1.82) is 0 Å². The maximum absolute atomic E-state index is 11.8. The van der Waals surface area contributed by atoms with Gasteiger partial charge in [0, 0.05) is 12.2 Å². The molecule has 1 aromatic carbocycles. The number of amides is 1. The summed E-state index contributed by atoms with van der Waals surface area (Å²) in [6.45, 7) is 1.23. The van der Waals surface area contributed by atoms with Gasteiger partial charge in [0.2, 0.25) is 0 Å². The Labute approximate surface area is 104 Å². The second-order valence-corrected chi connectivity index (χ2v) is 4.20. The van der Waals surface area contributed by atoms with Crippen LogP contribution in [0.25, 0.3) is 0 Å². The van der Waals surface area contributed by atoms with E-state index in [9.17, 15) is 4.79 Å². The minimum Gasteiger partial charge on any atom is -0.362 e. The number of hydrogen-bond donors (Lipinski definition) is 1. The molecule has 2 heterocycles. The molecule has 0 bridgehead atoms. The minimum atomic E-state index is -0.0773. The van der Waals surface area contributed by atoms with E-state index in [1.54, 1.807) is 0 Å². The van der Waals surface area contributed by atoms with Crippen LogP contribution in [0.3, 0.4) is 0 Å². The van der Waals surface area contributed by atoms with Crippen LogP contribution in [0.1, 0.15) is 5.56 Å². The fourth-order valence-corrected chi connectivity index (χ4v) is 2.18. The Kier molecular flexibility index (Phi) is 2.68. The summed E-state index contributed by atoms with van der Waals surface area (Å²) < 4.78 is 1.45. The third kappa shape index (κ3) is 2.04. The lowest BCUT2D eigenvalue weighted by Crippen LogP contribution is -2.35. The minimum absolute atomic E-state index is 0.0773. The van der Waals surface area contributed by atoms with Gasteiger partial charge in [-0.15, -0.1) is 10.2 Å². The second-order valence-electron chi connectivity index (χ2n) is 4.20. The van der Waals surface area contributed by atoms with Gasteiger partial charge < -0.3 is 4.90 Å². The molecule has 0 spiro atoms. The molecule has 0 saturated carbocycles. The Balaban J connectivity index is 1.66. The van der Waals surface area contributed by atoms with E-state index in [0.717, 1.165) is 18.7 Å². The first kappa shape index (κ1) is 10.8. The summed E-state index contributed by atoms with van der Waals surface area (Å²) in [7, 11) is 0. The number of fused-ring (bicyclic) bond motifs is 1. The maximum Gasteiger partial charge on any atom is 0.258 e. The number of aromatic nitrogens is 3. The lowest BCUT2D eigenvalue weighted by molar-refractivity contribution is -0.115. The van der Waals surface area contributed by atoms with Crippen molar-refractivity contribution in [2.75, 3.05) is 23.4 Å². The Hall–Kier alpha value is -2.37. The van der Waals surface area contributed by atoms with Crippen molar-refractivity contribution in [2.24, 2.45) is 0 Å². The zero-order valence-electron chi connectivity index (χ0n) is 9.78. The molecule has 6 heteroatoms. The zero-order valence-corrected chi connectivity index (χ0v) is 9.78. The molecule has 6 nitrogen and oxygen atoms in total. The number of carbonyl (C=O) groups is 1. The second kappa shape index (κ2) is 4.48. The van der Waals surface area contributed by atoms with E-state index in [1.807, 2.05) is 18.2 Å². The SMILES string of the molecule is O=C(CN1CCc2ccccc21)Nn1cnnc1. The van der Waals surface area contributed by atoms with Crippen LogP contribution in [-0.2, 0) is 11.2 Å². The number of para-hydroxylation sites is 1. The molecule has 2 aromatic rings. The van der Waals surface area contributed by atoms with Crippen molar-refractivity contribution in [3.63, 3.8) is 0 Å². The van der Waals surface area contributed by atoms with Crippen LogP contribution in [0.4, 0.5) is 5.69 Å². The third-order valence-electron chi connectivity index (χ3n) is 2.99. The highest BCUT2D eigenvalue weighted by molar-refractivity contribution is 5.88. The molecule has 0 saturated heterocycles. The number of hydrogen-bond acceptors (Lipinski definition) is 4. The largest absolute Gasteiger partial charge is 0.362 e. The molecule has 1 aliphatic rings. The lowest BCUT2D eigenvalue weighted by Gasteiger charge is -2.18. The van der Waals surface area contributed by atoms with E-state index in [-0.39, 0.29) is 5.91 Å². The topological polar surface area (TPSA) is 63.1 Å². The first-order valence-corrected chi connectivity index (χ1v) is 5.80. The highest BCUT2D eigenvalue weighted by Crippen LogP contribution is 2.26. The van der Waals surface area contributed by atoms with E-state index < -0.39 is 0 Å². The molecule has 0 aliphatic carbocycles. The zero-order chi connectivity index (χ0) is 12.4. The predicted molar refractivity (Wildman–Crippen MR) is 66.7 cm³/mol. The average molecular weight is 243 g/mol. The van der Waals surface area contributed by atoms with Crippen molar-refractivity contribution >= 4 is 11.6 Å². The van der Waals surface area contributed by atoms with Gasteiger partial charge in [0.15, 0.2) is 0 Å². The summed E-state index contributed by atoms with van der Waals surface area (Å²) in [5.74, 6) is -0.0773. The lowest BCUT2D eigenvalue weighted by atomic mass is 10.2. The van der Waals surface area contributed by atoms with Crippen LogP contribution in [0, 0.1) is 0 Å². The van der Waals surface area contributed by atoms with Crippen molar-refractivity contribution in [3.8, 4) is 0 Å². The van der Waals surface area contributed by atoms with E-state index in [2.05, 4.69) is 26.6 Å². The molecule has 1 aromatic heterocycles. The van der Waals surface area contributed by atoms with E-state index in [4.69, 9.17) is 0 Å². The van der Waals surface area contributed by atoms with Crippen LogP contribution >= 0.6 is 0 Å². The Morgan fingerprint density at radius 3 is 2.89 bits per heavy atom. The molecule has 0 unspecified atom stereocenters. The van der Waals surface area contributed by atoms with Crippen LogP contribution in [0.15, 0.2) is 36.9 Å². The molecule has 1 amide bonds. The molecule has 18 heavy (non-hydrogen) atoms. The number of carbonyl (C=O) groups excluding carboxylic acids is 1. The van der Waals surface area contributed by atoms with Crippen molar-refractivity contribution in [1.82, 2.24) is 14.9 Å². The monoisotopic (exact) mass is 243 g/mol. The van der Waals surface area contributed by atoms with Crippen LogP contribution < -0.4 is 10.3 Å². The highest BCUT2D eigenvalue weighted by atomic mass is 16.2. The maximum atomic E-state index is 11.8. The van der Waals surface area contributed by atoms with Gasteiger partial charge in [-0.05, 0) is 18.1 Å². The molecular weight excluding hydrogens is 230 g/mol. The van der Waals surface area contributed by atoms with Gasteiger partial charge in [-0.3, -0.25) is 10.2 Å². The number of anilines is 1. The Bertz CT molecular complexity index is 551. The third-order valence-corrected chi connectivity index (χ3v) is 2.99. The summed E-state index contributed by atoms with van der Waals surface area (Å²) in [5, 5.41) is 7.26. The molecule has 3 rings (SSSR count). The molecular formula is C12H13N5O. The van der Waals surface area contributed by atoms with Gasteiger partial charge in [-0.25, -0.2) is 4.68 Å². The van der Waals surface area contributed by atoms with E-state index in [1.165, 1.54) is 22.9 Å². The van der Waals surface area contributed by atoms with Crippen molar-refractivity contribution in [3.05, 3.63) is 42.5 Å². The first-order valence-electron chi connectivity index (χ1n) is 5.80. The summed E-state index contributed by atoms with van der Waals surface area (Å²) in [5.41, 5.74) is 5.14. The molecule has 1 aliphatic heterocycles. The molecule has 92 valence electrons. The van der Waals surface area contributed by atoms with Crippen LogP contribution in [0.2, 0.25) is 0 Å². The molecule has 1 N–H and O–H groups in total. The fraction of sp³-hybridized carbons (Fsp3) is 0.250. The highest BCUT2D eigenvalue weighted by Gasteiger charge is 2.20. The molecule has 0 radical (unpaired) electrons. The summed E-state index contributed by atoms with van der Waals surface area (Å²) in [6.07, 6.45) is 3.90. The first-order chi connectivity index (χ1) is 8.83. The number of nitrogens with one attached hydrogen (secondary N) is 1. The van der Waals surface area contributed by atoms with Crippen LogP contribution in [0.5, 0.6) is 0 Å². The standard InChI is InChI=1S/C12H13N5O/c18-12(15-17-8-13-14-9-17)7-16-6-5-10-3-1-2-4-11(10)16/h1-4,8-9H,5-7H2,(H,15,18). The average Bonchev–Trinajstić information content (AvgIpc) is 3.00. The number of nitrogens with zero attached hydrogens (tertiary/aromatic N) is 4. The van der Waals surface area contributed by atoms with Crippen molar-refractivity contribution < 1.29 is 4.79 Å². The van der Waals surface area contributed by atoms with Gasteiger partial charge >= 0.3 is 0 Å². The van der Waals surface area contributed by atoms with E-state index in [0.29, 0.717) is 6.54 Å². The van der Waals surface area contributed by atoms with Crippen molar-refractivity contribution in [2.45, 2.75) is 6.42 Å². The van der Waals surface area contributed by atoms with Crippen LogP contribution in [-0.4, -0.2) is 33.9 Å². The number of benzene rings is 1.